The molecule has 1 aliphatic heterocycles. The quantitative estimate of drug-likeness (QED) is 0.670. The maximum Gasteiger partial charge on any atom is 0.243 e. The summed E-state index contributed by atoms with van der Waals surface area (Å²) in [6.07, 6.45) is 3.18. The van der Waals surface area contributed by atoms with Gasteiger partial charge in [-0.05, 0) is 34.5 Å². The largest absolute Gasteiger partial charge is 0.492 e. The molecule has 2 rings (SSSR count). The second kappa shape index (κ2) is 8.29. The third-order valence-corrected chi connectivity index (χ3v) is 6.07. The molecule has 0 amide bonds. The van der Waals surface area contributed by atoms with Gasteiger partial charge in [0.1, 0.15) is 5.75 Å². The van der Waals surface area contributed by atoms with Crippen LogP contribution in [-0.4, -0.2) is 45.6 Å². The molecule has 0 aromatic heterocycles. The molecule has 7 heteroatoms. The van der Waals surface area contributed by atoms with Crippen molar-refractivity contribution in [3.8, 4) is 5.75 Å². The van der Waals surface area contributed by atoms with Crippen molar-refractivity contribution in [1.82, 2.24) is 4.31 Å². The molecule has 1 aliphatic rings. The lowest BCUT2D eigenvalue weighted by Gasteiger charge is -2.26. The van der Waals surface area contributed by atoms with E-state index in [1.54, 1.807) is 18.2 Å². The number of ether oxygens (including phenoxy) is 2. The van der Waals surface area contributed by atoms with E-state index in [9.17, 15) is 8.42 Å². The Labute approximate surface area is 140 Å². The van der Waals surface area contributed by atoms with Gasteiger partial charge in [0.05, 0.1) is 29.2 Å². The normalized spacial score (nSPS) is 16.6. The highest BCUT2D eigenvalue weighted by molar-refractivity contribution is 9.10. The monoisotopic (exact) mass is 391 g/mol. The molecule has 124 valence electrons. The van der Waals surface area contributed by atoms with Crippen molar-refractivity contribution in [3.63, 3.8) is 0 Å². The summed E-state index contributed by atoms with van der Waals surface area (Å²) in [5, 5.41) is 0. The third kappa shape index (κ3) is 4.44. The average molecular weight is 392 g/mol. The molecule has 22 heavy (non-hydrogen) atoms. The van der Waals surface area contributed by atoms with Crippen LogP contribution in [0.25, 0.3) is 0 Å². The summed E-state index contributed by atoms with van der Waals surface area (Å²) in [5.74, 6) is 0.574. The molecule has 0 saturated carbocycles. The first kappa shape index (κ1) is 17.7. The van der Waals surface area contributed by atoms with Gasteiger partial charge in [-0.3, -0.25) is 0 Å². The van der Waals surface area contributed by atoms with Crippen LogP contribution in [-0.2, 0) is 14.8 Å². The number of hydrogen-bond acceptors (Lipinski definition) is 4. The van der Waals surface area contributed by atoms with Crippen molar-refractivity contribution < 1.29 is 17.9 Å². The standard InChI is InChI=1S/C15H22BrNO4S/c1-2-3-4-9-21-15-12-13(5-6-14(15)16)22(18,19)17-7-10-20-11-8-17/h5-6,12H,2-4,7-11H2,1H3. The van der Waals surface area contributed by atoms with Crippen LogP contribution in [0.3, 0.4) is 0 Å². The van der Waals surface area contributed by atoms with Crippen molar-refractivity contribution in [3.05, 3.63) is 22.7 Å². The summed E-state index contributed by atoms with van der Waals surface area (Å²) in [4.78, 5) is 0.267. The van der Waals surface area contributed by atoms with Crippen LogP contribution in [0.4, 0.5) is 0 Å². The maximum atomic E-state index is 12.6. The van der Waals surface area contributed by atoms with E-state index in [1.807, 2.05) is 0 Å². The minimum absolute atomic E-state index is 0.267. The Morgan fingerprint density at radius 2 is 2.00 bits per heavy atom. The fourth-order valence-electron chi connectivity index (χ4n) is 2.22. The Morgan fingerprint density at radius 3 is 2.68 bits per heavy atom. The number of unbranched alkanes of at least 4 members (excludes halogenated alkanes) is 2. The zero-order valence-corrected chi connectivity index (χ0v) is 15.2. The van der Waals surface area contributed by atoms with Crippen molar-refractivity contribution in [2.45, 2.75) is 31.1 Å². The molecule has 0 unspecified atom stereocenters. The molecular weight excluding hydrogens is 370 g/mol. The van der Waals surface area contributed by atoms with Crippen LogP contribution in [0.5, 0.6) is 5.75 Å². The minimum Gasteiger partial charge on any atom is -0.492 e. The van der Waals surface area contributed by atoms with E-state index in [2.05, 4.69) is 22.9 Å². The molecule has 0 radical (unpaired) electrons. The maximum absolute atomic E-state index is 12.6. The van der Waals surface area contributed by atoms with Gasteiger partial charge in [0.2, 0.25) is 10.0 Å². The number of nitrogens with zero attached hydrogens (tertiary/aromatic N) is 1. The molecule has 0 bridgehead atoms. The van der Waals surface area contributed by atoms with Crippen molar-refractivity contribution in [2.75, 3.05) is 32.9 Å². The van der Waals surface area contributed by atoms with E-state index >= 15 is 0 Å². The highest BCUT2D eigenvalue weighted by Gasteiger charge is 2.27. The van der Waals surface area contributed by atoms with E-state index in [0.717, 1.165) is 23.7 Å². The van der Waals surface area contributed by atoms with Crippen molar-refractivity contribution >= 4 is 26.0 Å². The predicted molar refractivity (Wildman–Crippen MR) is 88.7 cm³/mol. The Kier molecular flexibility index (Phi) is 6.67. The number of benzene rings is 1. The van der Waals surface area contributed by atoms with E-state index in [4.69, 9.17) is 9.47 Å². The van der Waals surface area contributed by atoms with E-state index < -0.39 is 10.0 Å². The Hall–Kier alpha value is -0.630. The number of morpholine rings is 1. The van der Waals surface area contributed by atoms with Gasteiger partial charge in [0, 0.05) is 19.2 Å². The van der Waals surface area contributed by atoms with E-state index in [0.29, 0.717) is 38.7 Å². The van der Waals surface area contributed by atoms with Gasteiger partial charge in [0.25, 0.3) is 0 Å². The van der Waals surface area contributed by atoms with Gasteiger partial charge >= 0.3 is 0 Å². The first-order valence-electron chi connectivity index (χ1n) is 7.56. The van der Waals surface area contributed by atoms with Crippen LogP contribution < -0.4 is 4.74 Å². The van der Waals surface area contributed by atoms with Crippen LogP contribution >= 0.6 is 15.9 Å². The predicted octanol–water partition coefficient (Wildman–Crippen LogP) is 3.04. The highest BCUT2D eigenvalue weighted by Crippen LogP contribution is 2.29. The lowest BCUT2D eigenvalue weighted by molar-refractivity contribution is 0.0730. The van der Waals surface area contributed by atoms with Crippen molar-refractivity contribution in [1.29, 1.82) is 0 Å². The van der Waals surface area contributed by atoms with Gasteiger partial charge in [-0.15, -0.1) is 0 Å². The molecule has 1 fully saturated rings. The molecule has 5 nitrogen and oxygen atoms in total. The van der Waals surface area contributed by atoms with E-state index in [1.165, 1.54) is 4.31 Å². The summed E-state index contributed by atoms with van der Waals surface area (Å²) in [5.41, 5.74) is 0. The highest BCUT2D eigenvalue weighted by atomic mass is 79.9. The summed E-state index contributed by atoms with van der Waals surface area (Å²) >= 11 is 3.41. The van der Waals surface area contributed by atoms with Crippen LogP contribution in [0.2, 0.25) is 0 Å². The smallest absolute Gasteiger partial charge is 0.243 e. The summed E-state index contributed by atoms with van der Waals surface area (Å²) in [7, 11) is -3.48. The molecule has 0 N–H and O–H groups in total. The lowest BCUT2D eigenvalue weighted by atomic mass is 10.3. The molecule has 1 heterocycles. The topological polar surface area (TPSA) is 55.8 Å². The summed E-state index contributed by atoms with van der Waals surface area (Å²) < 4.78 is 38.4. The third-order valence-electron chi connectivity index (χ3n) is 3.52. The van der Waals surface area contributed by atoms with Crippen LogP contribution in [0, 0.1) is 0 Å². The fourth-order valence-corrected chi connectivity index (χ4v) is 4.01. The second-order valence-corrected chi connectivity index (χ2v) is 7.96. The number of rotatable bonds is 7. The number of halogens is 1. The van der Waals surface area contributed by atoms with Crippen molar-refractivity contribution in [2.24, 2.45) is 0 Å². The fraction of sp³-hybridized carbons (Fsp3) is 0.600. The number of sulfonamides is 1. The van der Waals surface area contributed by atoms with Gasteiger partial charge < -0.3 is 9.47 Å². The van der Waals surface area contributed by atoms with E-state index in [-0.39, 0.29) is 4.90 Å². The first-order chi connectivity index (χ1) is 10.6. The zero-order chi connectivity index (χ0) is 16.0. The lowest BCUT2D eigenvalue weighted by Crippen LogP contribution is -2.40. The average Bonchev–Trinajstić information content (AvgIpc) is 2.54. The van der Waals surface area contributed by atoms with Gasteiger partial charge in [-0.2, -0.15) is 4.31 Å². The SMILES string of the molecule is CCCCCOc1cc(S(=O)(=O)N2CCOCC2)ccc1Br. The molecule has 1 saturated heterocycles. The molecule has 0 atom stereocenters. The molecular formula is C15H22BrNO4S. The first-order valence-corrected chi connectivity index (χ1v) is 9.79. The molecule has 0 aliphatic carbocycles. The minimum atomic E-state index is -3.48. The van der Waals surface area contributed by atoms with Gasteiger partial charge in [0.15, 0.2) is 0 Å². The summed E-state index contributed by atoms with van der Waals surface area (Å²) in [6.45, 7) is 4.39. The summed E-state index contributed by atoms with van der Waals surface area (Å²) in [6, 6.07) is 4.93. The second-order valence-electron chi connectivity index (χ2n) is 5.16. The van der Waals surface area contributed by atoms with Gasteiger partial charge in [-0.1, -0.05) is 19.8 Å². The Morgan fingerprint density at radius 1 is 1.27 bits per heavy atom. The van der Waals surface area contributed by atoms with Crippen LogP contribution in [0.1, 0.15) is 26.2 Å². The van der Waals surface area contributed by atoms with Gasteiger partial charge in [-0.25, -0.2) is 8.42 Å². The number of hydrogen-bond donors (Lipinski definition) is 0. The Balaban J connectivity index is 2.13. The Bertz CT molecular complexity index is 585. The molecule has 0 spiro atoms. The zero-order valence-electron chi connectivity index (χ0n) is 12.8. The molecule has 1 aromatic carbocycles. The molecule has 1 aromatic rings. The van der Waals surface area contributed by atoms with Crippen LogP contribution in [0.15, 0.2) is 27.6 Å².